The summed E-state index contributed by atoms with van der Waals surface area (Å²) in [7, 11) is 0. The van der Waals surface area contributed by atoms with Crippen molar-refractivity contribution >= 4 is 17.5 Å². The van der Waals surface area contributed by atoms with Crippen LogP contribution >= 0.6 is 0 Å². The molecule has 1 unspecified atom stereocenters. The number of carbonyl (C=O) groups is 2. The molecule has 2 aliphatic heterocycles. The predicted molar refractivity (Wildman–Crippen MR) is 82.2 cm³/mol. The van der Waals surface area contributed by atoms with Crippen LogP contribution in [0.25, 0.3) is 0 Å². The third kappa shape index (κ3) is 2.61. The van der Waals surface area contributed by atoms with Gasteiger partial charge in [-0.25, -0.2) is 4.90 Å². The first kappa shape index (κ1) is 15.6. The van der Waals surface area contributed by atoms with Gasteiger partial charge in [0.15, 0.2) is 6.67 Å². The van der Waals surface area contributed by atoms with Crippen molar-refractivity contribution in [3.63, 3.8) is 0 Å². The van der Waals surface area contributed by atoms with Crippen LogP contribution in [0.4, 0.5) is 5.69 Å². The van der Waals surface area contributed by atoms with Gasteiger partial charge in [-0.2, -0.15) is 0 Å². The van der Waals surface area contributed by atoms with Crippen molar-refractivity contribution in [2.45, 2.75) is 38.6 Å². The van der Waals surface area contributed by atoms with Crippen LogP contribution in [0.2, 0.25) is 0 Å². The molecule has 0 radical (unpaired) electrons. The van der Waals surface area contributed by atoms with E-state index in [2.05, 4.69) is 6.92 Å². The van der Waals surface area contributed by atoms with Crippen molar-refractivity contribution in [2.75, 3.05) is 13.2 Å². The van der Waals surface area contributed by atoms with E-state index >= 15 is 0 Å². The second-order valence-electron chi connectivity index (χ2n) is 6.16. The molecule has 7 heteroatoms. The molecular weight excluding hydrogens is 298 g/mol. The Hall–Kier alpha value is -2.28. The molecule has 2 aliphatic rings. The number of nitrogens with one attached hydrogen (secondary N) is 1. The summed E-state index contributed by atoms with van der Waals surface area (Å²) in [4.78, 5) is 38.0. The lowest BCUT2D eigenvalue weighted by Crippen LogP contribution is -3.18. The lowest BCUT2D eigenvalue weighted by molar-refractivity contribution is -0.937. The summed E-state index contributed by atoms with van der Waals surface area (Å²) in [6, 6.07) is 4.65. The van der Waals surface area contributed by atoms with Gasteiger partial charge < -0.3 is 4.90 Å². The second-order valence-corrected chi connectivity index (χ2v) is 6.16. The fourth-order valence-corrected chi connectivity index (χ4v) is 3.67. The summed E-state index contributed by atoms with van der Waals surface area (Å²) in [5.74, 6) is -0.952. The number of nitro groups is 1. The Bertz CT molecular complexity index is 673. The number of benzene rings is 1. The van der Waals surface area contributed by atoms with E-state index in [9.17, 15) is 19.7 Å². The number of carbonyl (C=O) groups excluding carboxylic acids is 2. The van der Waals surface area contributed by atoms with Gasteiger partial charge in [0.2, 0.25) is 0 Å². The Balaban J connectivity index is 1.88. The van der Waals surface area contributed by atoms with Gasteiger partial charge in [0.05, 0.1) is 23.1 Å². The molecule has 0 bridgehead atoms. The SMILES string of the molecule is CC[C@H]1CCCC[NH+]1CN1C(=O)c2cccc([N+](=O)[O-])c2C1=O. The van der Waals surface area contributed by atoms with E-state index in [4.69, 9.17) is 0 Å². The minimum Gasteiger partial charge on any atom is -0.315 e. The fraction of sp³-hybridized carbons (Fsp3) is 0.500. The van der Waals surface area contributed by atoms with E-state index < -0.39 is 16.7 Å². The molecule has 1 aromatic carbocycles. The van der Waals surface area contributed by atoms with Gasteiger partial charge in [0, 0.05) is 6.07 Å². The molecule has 0 aliphatic carbocycles. The van der Waals surface area contributed by atoms with Gasteiger partial charge in [-0.3, -0.25) is 19.7 Å². The van der Waals surface area contributed by atoms with E-state index in [1.807, 2.05) is 0 Å². The molecule has 2 atom stereocenters. The lowest BCUT2D eigenvalue weighted by Gasteiger charge is -2.33. The van der Waals surface area contributed by atoms with Crippen molar-refractivity contribution in [3.8, 4) is 0 Å². The van der Waals surface area contributed by atoms with E-state index in [0.29, 0.717) is 12.7 Å². The summed E-state index contributed by atoms with van der Waals surface area (Å²) in [5, 5.41) is 11.1. The maximum absolute atomic E-state index is 12.6. The zero-order valence-corrected chi connectivity index (χ0v) is 13.1. The Morgan fingerprint density at radius 3 is 2.78 bits per heavy atom. The highest BCUT2D eigenvalue weighted by Crippen LogP contribution is 2.30. The first-order valence-electron chi connectivity index (χ1n) is 8.02. The number of amides is 2. The van der Waals surface area contributed by atoms with Crippen LogP contribution in [-0.2, 0) is 0 Å². The van der Waals surface area contributed by atoms with Gasteiger partial charge in [-0.15, -0.1) is 0 Å². The Kier molecular flexibility index (Phi) is 4.12. The minimum atomic E-state index is -0.601. The van der Waals surface area contributed by atoms with Crippen LogP contribution in [0.5, 0.6) is 0 Å². The number of hydrogen-bond acceptors (Lipinski definition) is 4. The average molecular weight is 318 g/mol. The molecule has 1 fully saturated rings. The highest BCUT2D eigenvalue weighted by atomic mass is 16.6. The Morgan fingerprint density at radius 1 is 1.30 bits per heavy atom. The summed E-state index contributed by atoms with van der Waals surface area (Å²) in [6.45, 7) is 3.33. The molecule has 0 aromatic heterocycles. The Morgan fingerprint density at radius 2 is 2.09 bits per heavy atom. The Labute approximate surface area is 134 Å². The minimum absolute atomic E-state index is 0.0630. The van der Waals surface area contributed by atoms with Crippen LogP contribution in [0, 0.1) is 10.1 Å². The lowest BCUT2D eigenvalue weighted by atomic mass is 10.0. The summed E-state index contributed by atoms with van der Waals surface area (Å²) in [5.41, 5.74) is -0.204. The fourth-order valence-electron chi connectivity index (χ4n) is 3.67. The zero-order chi connectivity index (χ0) is 16.6. The van der Waals surface area contributed by atoms with E-state index in [-0.39, 0.29) is 16.8 Å². The molecular formula is C16H20N3O4+. The number of likely N-dealkylation sites (tertiary alicyclic amines) is 1. The standard InChI is InChI=1S/C16H19N3O4/c1-2-11-6-3-4-9-17(11)10-18-15(20)12-7-5-8-13(19(22)23)14(12)16(18)21/h5,7-8,11H,2-4,6,9-10H2,1H3/p+1/t11-/m0/s1. The highest BCUT2D eigenvalue weighted by Gasteiger charge is 2.43. The van der Waals surface area contributed by atoms with Crippen molar-refractivity contribution < 1.29 is 19.4 Å². The third-order valence-electron chi connectivity index (χ3n) is 4.91. The van der Waals surface area contributed by atoms with Gasteiger partial charge in [0.1, 0.15) is 5.56 Å². The zero-order valence-electron chi connectivity index (χ0n) is 13.1. The molecule has 0 spiro atoms. The first-order chi connectivity index (χ1) is 11.0. The van der Waals surface area contributed by atoms with Gasteiger partial charge >= 0.3 is 0 Å². The van der Waals surface area contributed by atoms with Crippen LogP contribution in [0.15, 0.2) is 18.2 Å². The molecule has 1 N–H and O–H groups in total. The van der Waals surface area contributed by atoms with Crippen LogP contribution in [-0.4, -0.2) is 40.9 Å². The molecule has 2 amide bonds. The van der Waals surface area contributed by atoms with Crippen LogP contribution in [0.3, 0.4) is 0 Å². The van der Waals surface area contributed by atoms with Crippen molar-refractivity contribution in [1.82, 2.24) is 4.90 Å². The molecule has 23 heavy (non-hydrogen) atoms. The van der Waals surface area contributed by atoms with Gasteiger partial charge in [-0.1, -0.05) is 13.0 Å². The normalized spacial score (nSPS) is 24.0. The number of nitrogens with zero attached hydrogens (tertiary/aromatic N) is 2. The maximum atomic E-state index is 12.6. The van der Waals surface area contributed by atoms with Crippen LogP contribution in [0.1, 0.15) is 53.3 Å². The van der Waals surface area contributed by atoms with E-state index in [1.54, 1.807) is 0 Å². The first-order valence-corrected chi connectivity index (χ1v) is 8.02. The van der Waals surface area contributed by atoms with E-state index in [0.717, 1.165) is 25.8 Å². The largest absolute Gasteiger partial charge is 0.315 e. The summed E-state index contributed by atoms with van der Waals surface area (Å²) >= 11 is 0. The molecule has 2 heterocycles. The molecule has 0 saturated carbocycles. The van der Waals surface area contributed by atoms with E-state index in [1.165, 1.54) is 34.4 Å². The second kappa shape index (κ2) is 6.08. The number of quaternary nitrogens is 1. The van der Waals surface area contributed by atoms with Gasteiger partial charge in [0.25, 0.3) is 17.5 Å². The topological polar surface area (TPSA) is 85.0 Å². The van der Waals surface area contributed by atoms with Crippen molar-refractivity contribution in [3.05, 3.63) is 39.4 Å². The van der Waals surface area contributed by atoms with Crippen molar-refractivity contribution in [1.29, 1.82) is 0 Å². The molecule has 7 nitrogen and oxygen atoms in total. The molecule has 3 rings (SSSR count). The quantitative estimate of drug-likeness (QED) is 0.510. The smallest absolute Gasteiger partial charge is 0.282 e. The number of piperidine rings is 1. The maximum Gasteiger partial charge on any atom is 0.282 e. The van der Waals surface area contributed by atoms with Gasteiger partial charge in [-0.05, 0) is 31.7 Å². The number of nitro benzene ring substituents is 1. The summed E-state index contributed by atoms with van der Waals surface area (Å²) in [6.07, 6.45) is 4.35. The molecule has 1 aromatic rings. The number of rotatable bonds is 4. The molecule has 1 saturated heterocycles. The van der Waals surface area contributed by atoms with Crippen LogP contribution < -0.4 is 4.90 Å². The third-order valence-corrected chi connectivity index (χ3v) is 4.91. The number of fused-ring (bicyclic) bond motifs is 1. The highest BCUT2D eigenvalue weighted by molar-refractivity contribution is 6.23. The monoisotopic (exact) mass is 318 g/mol. The molecule has 122 valence electrons. The van der Waals surface area contributed by atoms with Crippen molar-refractivity contribution in [2.24, 2.45) is 0 Å². The average Bonchev–Trinajstić information content (AvgIpc) is 2.80. The summed E-state index contributed by atoms with van der Waals surface area (Å²) < 4.78 is 0. The number of hydrogen-bond donors (Lipinski definition) is 1. The predicted octanol–water partition coefficient (Wildman–Crippen LogP) is 0.996. The number of imide groups is 1.